The first-order valence-corrected chi connectivity index (χ1v) is 8.80. The molecule has 3 unspecified atom stereocenters. The number of nitrogens with one attached hydrogen (secondary N) is 1. The first-order chi connectivity index (χ1) is 9.68. The summed E-state index contributed by atoms with van der Waals surface area (Å²) >= 11 is 0. The van der Waals surface area contributed by atoms with Crippen LogP contribution in [0, 0.1) is 22.6 Å². The number of nitrogens with zero attached hydrogens (tertiary/aromatic N) is 1. The second kappa shape index (κ2) is 4.49. The maximum Gasteiger partial charge on any atom is 0.261 e. The van der Waals surface area contributed by atoms with Crippen LogP contribution in [0.5, 0.6) is 0 Å². The summed E-state index contributed by atoms with van der Waals surface area (Å²) in [5, 5.41) is -0.505. The molecule has 0 saturated heterocycles. The smallest absolute Gasteiger partial charge is 0.241 e. The molecule has 1 aromatic heterocycles. The lowest BCUT2D eigenvalue weighted by atomic mass is 9.69. The Kier molecular flexibility index (Phi) is 3.19. The van der Waals surface area contributed by atoms with Crippen molar-refractivity contribution in [2.24, 2.45) is 16.7 Å². The molecule has 1 N–H and O–H groups in total. The van der Waals surface area contributed by atoms with Gasteiger partial charge in [0.05, 0.1) is 0 Å². The number of hydrogen-bond acceptors (Lipinski definition) is 3. The summed E-state index contributed by atoms with van der Waals surface area (Å²) in [5.41, 5.74) is 0.0127. The minimum absolute atomic E-state index is 0.0873. The van der Waals surface area contributed by atoms with E-state index in [9.17, 15) is 12.8 Å². The Morgan fingerprint density at radius 1 is 1.38 bits per heavy atom. The molecule has 4 nitrogen and oxygen atoms in total. The van der Waals surface area contributed by atoms with Gasteiger partial charge in [-0.25, -0.2) is 22.5 Å². The summed E-state index contributed by atoms with van der Waals surface area (Å²) < 4.78 is 41.3. The summed E-state index contributed by atoms with van der Waals surface area (Å²) in [5.74, 6) is -0.290. The minimum atomic E-state index is -3.92. The third kappa shape index (κ3) is 2.03. The number of aromatic nitrogens is 1. The molecule has 0 aliphatic heterocycles. The molecule has 0 amide bonds. The number of fused-ring (bicyclic) bond motifs is 2. The van der Waals surface area contributed by atoms with Crippen molar-refractivity contribution < 1.29 is 12.8 Å². The molecule has 2 saturated carbocycles. The molecule has 1 heterocycles. The highest BCUT2D eigenvalue weighted by Crippen LogP contribution is 2.65. The molecule has 1 aromatic rings. The van der Waals surface area contributed by atoms with Crippen molar-refractivity contribution in [1.29, 1.82) is 0 Å². The van der Waals surface area contributed by atoms with Crippen molar-refractivity contribution in [2.75, 3.05) is 0 Å². The summed E-state index contributed by atoms with van der Waals surface area (Å²) in [6.45, 7) is 6.56. The van der Waals surface area contributed by atoms with Crippen molar-refractivity contribution in [3.05, 3.63) is 24.1 Å². The van der Waals surface area contributed by atoms with Gasteiger partial charge in [0.2, 0.25) is 5.03 Å². The van der Waals surface area contributed by atoms with Crippen LogP contribution in [0.25, 0.3) is 0 Å². The van der Waals surface area contributed by atoms with E-state index < -0.39 is 20.9 Å². The Hall–Kier alpha value is -1.01. The normalized spacial score (nSPS) is 34.3. The van der Waals surface area contributed by atoms with Gasteiger partial charge < -0.3 is 0 Å². The average Bonchev–Trinajstić information content (AvgIpc) is 2.72. The summed E-state index contributed by atoms with van der Waals surface area (Å²) in [6, 6.07) is 2.35. The molecule has 6 heteroatoms. The molecule has 3 atom stereocenters. The second-order valence-electron chi connectivity index (χ2n) is 7.07. The molecule has 21 heavy (non-hydrogen) atoms. The van der Waals surface area contributed by atoms with E-state index in [1.165, 1.54) is 12.3 Å². The van der Waals surface area contributed by atoms with Crippen LogP contribution in [0.2, 0.25) is 0 Å². The number of rotatable bonds is 3. The molecule has 116 valence electrons. The van der Waals surface area contributed by atoms with Gasteiger partial charge in [-0.3, -0.25) is 0 Å². The SMILES string of the molecule is CC1(C)C2CCC1(C)C(NS(=O)(=O)c1ncccc1F)C2. The third-order valence-corrected chi connectivity index (χ3v) is 7.48. The topological polar surface area (TPSA) is 59.1 Å². The number of pyridine rings is 1. The van der Waals surface area contributed by atoms with Crippen LogP contribution < -0.4 is 4.72 Å². The Bertz CT molecular complexity index is 674. The van der Waals surface area contributed by atoms with Crippen LogP contribution in [-0.4, -0.2) is 19.4 Å². The van der Waals surface area contributed by atoms with Crippen LogP contribution >= 0.6 is 0 Å². The zero-order valence-corrected chi connectivity index (χ0v) is 13.4. The number of hydrogen-bond donors (Lipinski definition) is 1. The quantitative estimate of drug-likeness (QED) is 0.933. The van der Waals surface area contributed by atoms with Crippen molar-refractivity contribution in [3.8, 4) is 0 Å². The number of halogens is 1. The molecule has 0 radical (unpaired) electrons. The van der Waals surface area contributed by atoms with Crippen LogP contribution in [-0.2, 0) is 10.0 Å². The fraction of sp³-hybridized carbons (Fsp3) is 0.667. The van der Waals surface area contributed by atoms with E-state index in [0.29, 0.717) is 5.92 Å². The highest BCUT2D eigenvalue weighted by molar-refractivity contribution is 7.89. The van der Waals surface area contributed by atoms with E-state index in [0.717, 1.165) is 25.3 Å². The Morgan fingerprint density at radius 2 is 2.10 bits per heavy atom. The van der Waals surface area contributed by atoms with E-state index in [4.69, 9.17) is 0 Å². The lowest BCUT2D eigenvalue weighted by Gasteiger charge is -2.39. The van der Waals surface area contributed by atoms with Gasteiger partial charge >= 0.3 is 0 Å². The van der Waals surface area contributed by atoms with Gasteiger partial charge in [-0.05, 0) is 48.1 Å². The predicted molar refractivity (Wildman–Crippen MR) is 77.5 cm³/mol. The fourth-order valence-corrected chi connectivity index (χ4v) is 5.56. The monoisotopic (exact) mass is 312 g/mol. The van der Waals surface area contributed by atoms with Crippen molar-refractivity contribution in [1.82, 2.24) is 9.71 Å². The van der Waals surface area contributed by atoms with E-state index >= 15 is 0 Å². The standard InChI is InChI=1S/C15H21FN2O2S/c1-14(2)10-6-7-15(14,3)12(9-10)18-21(19,20)13-11(16)5-4-8-17-13/h4-5,8,10,12,18H,6-7,9H2,1-3H3. The van der Waals surface area contributed by atoms with Crippen LogP contribution in [0.4, 0.5) is 4.39 Å². The predicted octanol–water partition coefficient (Wildman–Crippen LogP) is 2.71. The van der Waals surface area contributed by atoms with Gasteiger partial charge in [0.15, 0.2) is 5.82 Å². The van der Waals surface area contributed by atoms with E-state index in [-0.39, 0.29) is 16.9 Å². The van der Waals surface area contributed by atoms with Crippen LogP contribution in [0.15, 0.2) is 23.4 Å². The van der Waals surface area contributed by atoms with Crippen LogP contribution in [0.1, 0.15) is 40.0 Å². The molecule has 2 bridgehead atoms. The zero-order valence-electron chi connectivity index (χ0n) is 12.6. The van der Waals surface area contributed by atoms with Gasteiger partial charge in [0.1, 0.15) is 0 Å². The van der Waals surface area contributed by atoms with Crippen LogP contribution in [0.3, 0.4) is 0 Å². The van der Waals surface area contributed by atoms with E-state index in [2.05, 4.69) is 30.5 Å². The molecule has 2 aliphatic rings. The minimum Gasteiger partial charge on any atom is -0.241 e. The van der Waals surface area contributed by atoms with Gasteiger partial charge in [-0.2, -0.15) is 0 Å². The molecule has 0 spiro atoms. The lowest BCUT2D eigenvalue weighted by molar-refractivity contribution is 0.130. The summed E-state index contributed by atoms with van der Waals surface area (Å²) in [6.07, 6.45) is 4.25. The fourth-order valence-electron chi connectivity index (χ4n) is 4.19. The highest BCUT2D eigenvalue weighted by atomic mass is 32.2. The highest BCUT2D eigenvalue weighted by Gasteiger charge is 2.62. The summed E-state index contributed by atoms with van der Waals surface area (Å²) in [7, 11) is -3.92. The first-order valence-electron chi connectivity index (χ1n) is 7.31. The van der Waals surface area contributed by atoms with Crippen molar-refractivity contribution >= 4 is 10.0 Å². The van der Waals surface area contributed by atoms with Gasteiger partial charge in [-0.15, -0.1) is 0 Å². The molecule has 0 aromatic carbocycles. The lowest BCUT2D eigenvalue weighted by Crippen LogP contribution is -2.47. The Labute approximate surface area is 125 Å². The maximum absolute atomic E-state index is 13.7. The van der Waals surface area contributed by atoms with E-state index in [1.54, 1.807) is 0 Å². The van der Waals surface area contributed by atoms with Gasteiger partial charge in [0, 0.05) is 12.2 Å². The molecule has 2 aliphatic carbocycles. The van der Waals surface area contributed by atoms with Crippen molar-refractivity contribution in [2.45, 2.75) is 51.1 Å². The first kappa shape index (κ1) is 14.9. The molecular formula is C15H21FN2O2S. The van der Waals surface area contributed by atoms with Gasteiger partial charge in [0.25, 0.3) is 10.0 Å². The second-order valence-corrected chi connectivity index (χ2v) is 8.70. The molecular weight excluding hydrogens is 291 g/mol. The summed E-state index contributed by atoms with van der Waals surface area (Å²) in [4.78, 5) is 3.69. The third-order valence-electron chi connectivity index (χ3n) is 6.07. The molecule has 3 rings (SSSR count). The zero-order chi connectivity index (χ0) is 15.5. The average molecular weight is 312 g/mol. The van der Waals surface area contributed by atoms with E-state index in [1.807, 2.05) is 0 Å². The number of sulfonamides is 1. The largest absolute Gasteiger partial charge is 0.261 e. The molecule has 2 fully saturated rings. The Balaban J connectivity index is 1.90. The maximum atomic E-state index is 13.7. The Morgan fingerprint density at radius 3 is 2.62 bits per heavy atom. The van der Waals surface area contributed by atoms with Gasteiger partial charge in [-0.1, -0.05) is 20.8 Å². The van der Waals surface area contributed by atoms with Crippen molar-refractivity contribution in [3.63, 3.8) is 0 Å².